The Kier molecular flexibility index (Phi) is 2.95. The zero-order valence-electron chi connectivity index (χ0n) is 10.2. The molecule has 100 valence electrons. The maximum absolute atomic E-state index is 13.1. The van der Waals surface area contributed by atoms with Crippen LogP contribution in [0.2, 0.25) is 5.02 Å². The summed E-state index contributed by atoms with van der Waals surface area (Å²) in [6.45, 7) is 3.55. The molecule has 5 heteroatoms. The van der Waals surface area contributed by atoms with Crippen LogP contribution in [0.3, 0.4) is 0 Å². The highest BCUT2D eigenvalue weighted by Crippen LogP contribution is 2.57. The van der Waals surface area contributed by atoms with Gasteiger partial charge in [-0.3, -0.25) is 0 Å². The van der Waals surface area contributed by atoms with Gasteiger partial charge in [0.15, 0.2) is 0 Å². The second-order valence-electron chi connectivity index (χ2n) is 5.49. The van der Waals surface area contributed by atoms with E-state index < -0.39 is 22.7 Å². The van der Waals surface area contributed by atoms with E-state index in [1.54, 1.807) is 13.8 Å². The second kappa shape index (κ2) is 3.87. The fraction of sp³-hybridized carbons (Fsp3) is 0.538. The molecular formula is C13H15ClF3N. The fourth-order valence-electron chi connectivity index (χ4n) is 2.55. The lowest BCUT2D eigenvalue weighted by atomic mass is 9.77. The maximum Gasteiger partial charge on any atom is 0.416 e. The first-order valence-electron chi connectivity index (χ1n) is 5.74. The normalized spacial score (nSPS) is 18.8. The van der Waals surface area contributed by atoms with E-state index >= 15 is 0 Å². The van der Waals surface area contributed by atoms with Crippen LogP contribution >= 0.6 is 11.6 Å². The molecule has 0 unspecified atom stereocenters. The molecule has 1 nitrogen and oxygen atoms in total. The Hall–Kier alpha value is -0.740. The molecule has 2 N–H and O–H groups in total. The van der Waals surface area contributed by atoms with Gasteiger partial charge in [-0.15, -0.1) is 0 Å². The minimum Gasteiger partial charge on any atom is -0.325 e. The van der Waals surface area contributed by atoms with Crippen LogP contribution in [0.25, 0.3) is 0 Å². The monoisotopic (exact) mass is 277 g/mol. The third kappa shape index (κ3) is 2.12. The van der Waals surface area contributed by atoms with Gasteiger partial charge in [-0.25, -0.2) is 0 Å². The molecule has 0 bridgehead atoms. The second-order valence-corrected chi connectivity index (χ2v) is 5.93. The Morgan fingerprint density at radius 2 is 1.78 bits per heavy atom. The standard InChI is InChI=1S/C13H15ClF3N/c1-11(2,18)12(5-6-12)9-4-3-8(14)7-10(9)13(15,16)17/h3-4,7H,5-6,18H2,1-2H3. The van der Waals surface area contributed by atoms with E-state index in [2.05, 4.69) is 0 Å². The number of hydrogen-bond acceptors (Lipinski definition) is 1. The molecule has 1 aliphatic carbocycles. The van der Waals surface area contributed by atoms with Gasteiger partial charge in [-0.05, 0) is 44.4 Å². The van der Waals surface area contributed by atoms with E-state index in [0.29, 0.717) is 12.8 Å². The molecule has 1 aromatic rings. The first kappa shape index (κ1) is 13.7. The number of nitrogens with two attached hydrogens (primary N) is 1. The molecule has 0 atom stereocenters. The minimum absolute atomic E-state index is 0.0942. The Morgan fingerprint density at radius 1 is 1.22 bits per heavy atom. The van der Waals surface area contributed by atoms with E-state index in [4.69, 9.17) is 17.3 Å². The van der Waals surface area contributed by atoms with Gasteiger partial charge in [0.2, 0.25) is 0 Å². The van der Waals surface area contributed by atoms with Crippen LogP contribution in [-0.2, 0) is 11.6 Å². The molecule has 1 saturated carbocycles. The van der Waals surface area contributed by atoms with E-state index in [1.165, 1.54) is 12.1 Å². The van der Waals surface area contributed by atoms with Crippen molar-refractivity contribution >= 4 is 11.6 Å². The lowest BCUT2D eigenvalue weighted by Gasteiger charge is -2.33. The highest BCUT2D eigenvalue weighted by molar-refractivity contribution is 6.30. The van der Waals surface area contributed by atoms with Gasteiger partial charge >= 0.3 is 6.18 Å². The van der Waals surface area contributed by atoms with Crippen molar-refractivity contribution < 1.29 is 13.2 Å². The zero-order chi connectivity index (χ0) is 13.8. The summed E-state index contributed by atoms with van der Waals surface area (Å²) in [6, 6.07) is 3.95. The number of alkyl halides is 3. The molecule has 1 aromatic carbocycles. The smallest absolute Gasteiger partial charge is 0.325 e. The van der Waals surface area contributed by atoms with Crippen LogP contribution in [0.1, 0.15) is 37.8 Å². The van der Waals surface area contributed by atoms with Crippen molar-refractivity contribution in [2.75, 3.05) is 0 Å². The Labute approximate surface area is 109 Å². The van der Waals surface area contributed by atoms with Crippen molar-refractivity contribution in [2.45, 2.75) is 43.8 Å². The predicted octanol–water partition coefficient (Wildman–Crippen LogP) is 4.13. The van der Waals surface area contributed by atoms with Gasteiger partial charge in [0.05, 0.1) is 5.56 Å². The number of benzene rings is 1. The van der Waals surface area contributed by atoms with E-state index in [-0.39, 0.29) is 10.6 Å². The Balaban J connectivity index is 2.60. The summed E-state index contributed by atoms with van der Waals surface area (Å²) in [5.74, 6) is 0. The molecule has 0 amide bonds. The van der Waals surface area contributed by atoms with Gasteiger partial charge in [0, 0.05) is 16.0 Å². The molecule has 18 heavy (non-hydrogen) atoms. The van der Waals surface area contributed by atoms with Crippen molar-refractivity contribution in [3.63, 3.8) is 0 Å². The molecule has 0 spiro atoms. The van der Waals surface area contributed by atoms with Crippen LogP contribution in [0.5, 0.6) is 0 Å². The summed E-state index contributed by atoms with van der Waals surface area (Å²) in [5.41, 5.74) is 4.41. The van der Waals surface area contributed by atoms with Crippen LogP contribution in [0, 0.1) is 0 Å². The van der Waals surface area contributed by atoms with Crippen LogP contribution in [0.15, 0.2) is 18.2 Å². The third-order valence-electron chi connectivity index (χ3n) is 3.79. The van der Waals surface area contributed by atoms with E-state index in [1.807, 2.05) is 0 Å². The highest BCUT2D eigenvalue weighted by Gasteiger charge is 2.56. The van der Waals surface area contributed by atoms with Gasteiger partial charge in [0.25, 0.3) is 0 Å². The van der Waals surface area contributed by atoms with Crippen LogP contribution < -0.4 is 5.73 Å². The van der Waals surface area contributed by atoms with Gasteiger partial charge < -0.3 is 5.73 Å². The van der Waals surface area contributed by atoms with Crippen molar-refractivity contribution in [3.05, 3.63) is 34.3 Å². The largest absolute Gasteiger partial charge is 0.416 e. The van der Waals surface area contributed by atoms with Crippen LogP contribution in [0.4, 0.5) is 13.2 Å². The predicted molar refractivity (Wildman–Crippen MR) is 65.6 cm³/mol. The molecule has 0 radical (unpaired) electrons. The summed E-state index contributed by atoms with van der Waals surface area (Å²) in [6.07, 6.45) is -3.04. The molecule has 0 heterocycles. The maximum atomic E-state index is 13.1. The van der Waals surface area contributed by atoms with Crippen LogP contribution in [-0.4, -0.2) is 5.54 Å². The summed E-state index contributed by atoms with van der Waals surface area (Å²) < 4.78 is 39.2. The first-order chi connectivity index (χ1) is 8.08. The fourth-order valence-corrected chi connectivity index (χ4v) is 2.73. The summed E-state index contributed by atoms with van der Waals surface area (Å²) in [4.78, 5) is 0. The quantitative estimate of drug-likeness (QED) is 0.864. The van der Waals surface area contributed by atoms with Gasteiger partial charge in [-0.2, -0.15) is 13.2 Å². The van der Waals surface area contributed by atoms with Crippen molar-refractivity contribution in [3.8, 4) is 0 Å². The summed E-state index contributed by atoms with van der Waals surface area (Å²) in [7, 11) is 0. The number of rotatable bonds is 2. The molecular weight excluding hydrogens is 263 g/mol. The van der Waals surface area contributed by atoms with Crippen molar-refractivity contribution in [1.29, 1.82) is 0 Å². The Bertz CT molecular complexity index is 470. The summed E-state index contributed by atoms with van der Waals surface area (Å²) >= 11 is 5.68. The topological polar surface area (TPSA) is 26.0 Å². The highest BCUT2D eigenvalue weighted by atomic mass is 35.5. The van der Waals surface area contributed by atoms with Gasteiger partial charge in [-0.1, -0.05) is 17.7 Å². The SMILES string of the molecule is CC(C)(N)C1(c2ccc(Cl)cc2C(F)(F)F)CC1. The molecule has 0 aromatic heterocycles. The third-order valence-corrected chi connectivity index (χ3v) is 4.02. The van der Waals surface area contributed by atoms with Gasteiger partial charge in [0.1, 0.15) is 0 Å². The van der Waals surface area contributed by atoms with E-state index in [0.717, 1.165) is 6.07 Å². The molecule has 0 aliphatic heterocycles. The number of halogens is 4. The molecule has 1 fully saturated rings. The molecule has 2 rings (SSSR count). The summed E-state index contributed by atoms with van der Waals surface area (Å²) in [5, 5.41) is 0.0942. The molecule has 1 aliphatic rings. The average Bonchev–Trinajstić information content (AvgIpc) is 2.95. The zero-order valence-corrected chi connectivity index (χ0v) is 11.0. The minimum atomic E-state index is -4.40. The first-order valence-corrected chi connectivity index (χ1v) is 6.12. The Morgan fingerprint density at radius 3 is 2.17 bits per heavy atom. The average molecular weight is 278 g/mol. The lowest BCUT2D eigenvalue weighted by Crippen LogP contribution is -2.46. The lowest BCUT2D eigenvalue weighted by molar-refractivity contribution is -0.138. The number of hydrogen-bond donors (Lipinski definition) is 1. The van der Waals surface area contributed by atoms with Crippen molar-refractivity contribution in [1.82, 2.24) is 0 Å². The van der Waals surface area contributed by atoms with E-state index in [9.17, 15) is 13.2 Å². The molecule has 0 saturated heterocycles. The van der Waals surface area contributed by atoms with Crippen molar-refractivity contribution in [2.24, 2.45) is 5.73 Å².